The fourth-order valence-electron chi connectivity index (χ4n) is 7.09. The minimum absolute atomic E-state index is 0.976. The molecule has 0 amide bonds. The molecule has 0 aliphatic rings. The second-order valence-corrected chi connectivity index (χ2v) is 21.3. The third-order valence-corrected chi connectivity index (χ3v) is 18.6. The Morgan fingerprint density at radius 3 is 0.697 bits per heavy atom. The van der Waals surface area contributed by atoms with Crippen molar-refractivity contribution >= 4 is 75.4 Å². The van der Waals surface area contributed by atoms with Crippen LogP contribution >= 0.6 is 14.5 Å². The molecule has 0 bridgehead atoms. The van der Waals surface area contributed by atoms with Crippen LogP contribution in [-0.2, 0) is 12.3 Å². The van der Waals surface area contributed by atoms with Crippen LogP contribution < -0.4 is 31.8 Å². The normalized spacial score (nSPS) is 12.0. The molecule has 7 rings (SSSR count). The van der Waals surface area contributed by atoms with E-state index in [0.717, 1.165) is 12.3 Å². The monoisotopic (exact) mass is 977 g/mol. The first-order valence-corrected chi connectivity index (χ1v) is 23.8. The molecule has 0 saturated carbocycles. The van der Waals surface area contributed by atoms with Crippen molar-refractivity contribution in [2.75, 3.05) is 0 Å². The van der Waals surface area contributed by atoms with E-state index in [4.69, 9.17) is 0 Å². The van der Waals surface area contributed by atoms with E-state index < -0.39 is 43.5 Å². The Morgan fingerprint density at radius 1 is 0.273 bits per heavy atom. The second-order valence-electron chi connectivity index (χ2n) is 14.0. The molecular weight excluding hydrogens is 938 g/mol. The molecule has 352 valence electrons. The van der Waals surface area contributed by atoms with Crippen LogP contribution in [0.15, 0.2) is 206 Å². The van der Waals surface area contributed by atoms with Gasteiger partial charge in [0.25, 0.3) is 0 Å². The number of hydrogen-bond acceptors (Lipinski definition) is 0. The summed E-state index contributed by atoms with van der Waals surface area (Å²) in [5, 5.41) is 8.58. The number of benzene rings is 7. The van der Waals surface area contributed by atoms with Gasteiger partial charge in [0, 0.05) is 0 Å². The standard InChI is InChI=1S/C44H39P2.4BF4/c1-7-19-39(20-8-1)45(40-21-9-2-10-22-40,41-23-11-3-12-24-41)35-37-31-33-38(34-32-37)36-46(42-25-13-4-14-26-42,43-27-15-5-16-28-43)44-29-17-6-18-30-44;4*2-1(3,4)5/h1-34,45H,35-36H2;;;;/q+1;4*-1. The van der Waals surface area contributed by atoms with Gasteiger partial charge in [-0.05, 0) is 0 Å². The van der Waals surface area contributed by atoms with Crippen molar-refractivity contribution in [1.82, 2.24) is 0 Å². The van der Waals surface area contributed by atoms with E-state index in [2.05, 4.69) is 206 Å². The maximum absolute atomic E-state index is 9.75. The molecule has 22 heteroatoms. The fraction of sp³-hybridized carbons (Fsp3) is 0.0455. The summed E-state index contributed by atoms with van der Waals surface area (Å²) in [7, 11) is -28.3. The van der Waals surface area contributed by atoms with Gasteiger partial charge in [0.05, 0.1) is 0 Å². The second kappa shape index (κ2) is 24.9. The average Bonchev–Trinajstić information content (AvgIpc) is 3.25. The van der Waals surface area contributed by atoms with Crippen LogP contribution in [0.1, 0.15) is 11.1 Å². The third-order valence-electron chi connectivity index (χ3n) is 9.30. The Bertz CT molecular complexity index is 1980. The zero-order valence-electron chi connectivity index (χ0n) is 34.3. The zero-order chi connectivity index (χ0) is 49.1. The molecule has 0 radical (unpaired) electrons. The molecule has 66 heavy (non-hydrogen) atoms. The van der Waals surface area contributed by atoms with Gasteiger partial charge < -0.3 is 69.1 Å². The van der Waals surface area contributed by atoms with Crippen LogP contribution in [-0.4, -0.2) is 29.0 Å². The van der Waals surface area contributed by atoms with Crippen molar-refractivity contribution in [1.29, 1.82) is 0 Å². The van der Waals surface area contributed by atoms with Crippen LogP contribution in [0.25, 0.3) is 0 Å². The summed E-state index contributed by atoms with van der Waals surface area (Å²) in [5.41, 5.74) is 2.76. The molecule has 0 heterocycles. The van der Waals surface area contributed by atoms with Crippen LogP contribution in [0, 0.1) is 0 Å². The van der Waals surface area contributed by atoms with Gasteiger partial charge in [-0.15, -0.1) is 0 Å². The van der Waals surface area contributed by atoms with Gasteiger partial charge in [-0.2, -0.15) is 0 Å². The van der Waals surface area contributed by atoms with Crippen molar-refractivity contribution in [3.8, 4) is 0 Å². The molecule has 0 spiro atoms. The summed E-state index contributed by atoms with van der Waals surface area (Å²) in [6.45, 7) is 0. The molecule has 7 aromatic carbocycles. The van der Waals surface area contributed by atoms with E-state index in [1.54, 1.807) is 0 Å². The van der Waals surface area contributed by atoms with Crippen LogP contribution in [0.5, 0.6) is 0 Å². The number of halogens is 16. The molecular formula is C44H39B4F16P2-3. The Kier molecular flexibility index (Phi) is 20.7. The summed E-state index contributed by atoms with van der Waals surface area (Å²) in [5.74, 6) is 0. The predicted molar refractivity (Wildman–Crippen MR) is 246 cm³/mol. The van der Waals surface area contributed by atoms with Crippen molar-refractivity contribution in [3.63, 3.8) is 0 Å². The van der Waals surface area contributed by atoms with Gasteiger partial charge in [0.15, 0.2) is 0 Å². The molecule has 0 fully saturated rings. The van der Waals surface area contributed by atoms with E-state index >= 15 is 0 Å². The Balaban J connectivity index is 0.000000487. The molecule has 7 aromatic rings. The molecule has 0 N–H and O–H groups in total. The predicted octanol–water partition coefficient (Wildman–Crippen LogP) is 13.6. The summed E-state index contributed by atoms with van der Waals surface area (Å²) in [6, 6.07) is 76.9. The zero-order valence-corrected chi connectivity index (χ0v) is 36.2. The van der Waals surface area contributed by atoms with E-state index in [0.29, 0.717) is 0 Å². The Hall–Kier alpha value is -5.46. The fourth-order valence-corrected chi connectivity index (χ4v) is 16.1. The van der Waals surface area contributed by atoms with Crippen LogP contribution in [0.4, 0.5) is 69.1 Å². The molecule has 0 aromatic heterocycles. The number of rotatable bonds is 10. The van der Waals surface area contributed by atoms with Crippen LogP contribution in [0.2, 0.25) is 0 Å². The summed E-state index contributed by atoms with van der Waals surface area (Å²) in [6.07, 6.45) is 1.98. The quantitative estimate of drug-likeness (QED) is 0.0728. The van der Waals surface area contributed by atoms with Gasteiger partial charge in [0.2, 0.25) is 0 Å². The first-order valence-electron chi connectivity index (χ1n) is 19.6. The molecule has 0 nitrogen and oxygen atoms in total. The molecule has 0 aliphatic carbocycles. The van der Waals surface area contributed by atoms with E-state index in [9.17, 15) is 69.1 Å². The van der Waals surface area contributed by atoms with Crippen LogP contribution in [0.3, 0.4) is 0 Å². The molecule has 0 atom stereocenters. The molecule has 0 unspecified atom stereocenters. The van der Waals surface area contributed by atoms with Gasteiger partial charge in [-0.3, -0.25) is 0 Å². The van der Waals surface area contributed by atoms with Crippen molar-refractivity contribution in [2.24, 2.45) is 0 Å². The summed E-state index contributed by atoms with van der Waals surface area (Å²) in [4.78, 5) is 0. The average molecular weight is 977 g/mol. The van der Waals surface area contributed by atoms with Crippen molar-refractivity contribution in [2.45, 2.75) is 12.3 Å². The van der Waals surface area contributed by atoms with E-state index in [1.165, 1.54) is 43.0 Å². The van der Waals surface area contributed by atoms with Crippen molar-refractivity contribution in [3.05, 3.63) is 217 Å². The maximum atomic E-state index is 9.75. The Labute approximate surface area is 373 Å². The Morgan fingerprint density at radius 2 is 0.470 bits per heavy atom. The SMILES string of the molecule is F[B-](F)(F)F.F[B-](F)(F)F.F[B-](F)(F)F.F[B-](F)(F)F.c1ccc([P+](Cc2ccc(C[PH](c3ccccc3)(c3ccccc3)c3ccccc3)cc2)(c2ccccc2)c2ccccc2)cc1. The number of hydrogen-bond donors (Lipinski definition) is 0. The van der Waals surface area contributed by atoms with E-state index in [1.807, 2.05) is 0 Å². The van der Waals surface area contributed by atoms with Crippen molar-refractivity contribution < 1.29 is 69.1 Å². The summed E-state index contributed by atoms with van der Waals surface area (Å²) >= 11 is 0. The topological polar surface area (TPSA) is 0 Å². The third kappa shape index (κ3) is 20.0. The minimum atomic E-state index is -6.00. The summed E-state index contributed by atoms with van der Waals surface area (Å²) < 4.78 is 156. The van der Waals surface area contributed by atoms with Gasteiger partial charge in [-0.25, -0.2) is 0 Å². The first kappa shape index (κ1) is 54.9. The van der Waals surface area contributed by atoms with Gasteiger partial charge >= 0.3 is 305 Å². The van der Waals surface area contributed by atoms with Gasteiger partial charge in [-0.1, -0.05) is 0 Å². The molecule has 0 saturated heterocycles. The van der Waals surface area contributed by atoms with E-state index in [-0.39, 0.29) is 0 Å². The van der Waals surface area contributed by atoms with Gasteiger partial charge in [0.1, 0.15) is 0 Å². The molecule has 0 aliphatic heterocycles. The first-order chi connectivity index (χ1) is 30.8.